The summed E-state index contributed by atoms with van der Waals surface area (Å²) in [6.45, 7) is -0.328. The second-order valence-corrected chi connectivity index (χ2v) is 4.28. The van der Waals surface area contributed by atoms with Gasteiger partial charge in [0, 0.05) is 6.04 Å². The largest absolute Gasteiger partial charge is 1.00 e. The molecule has 1 fully saturated rings. The number of nitrogens with one attached hydrogen (secondary N) is 1. The second-order valence-electron chi connectivity index (χ2n) is 4.28. The van der Waals surface area contributed by atoms with Crippen LogP contribution in [0.1, 0.15) is 46.4 Å². The van der Waals surface area contributed by atoms with Crippen molar-refractivity contribution in [1.29, 1.82) is 0 Å². The zero-order valence-corrected chi connectivity index (χ0v) is 12.1. The van der Waals surface area contributed by atoms with Crippen LogP contribution in [0.2, 0.25) is 0 Å². The number of rotatable bonds is 4. The molecule has 1 unspecified atom stereocenters. The summed E-state index contributed by atoms with van der Waals surface area (Å²) in [5.74, 6) is -0.959. The Kier molecular flexibility index (Phi) is 9.65. The number of carboxylic acids is 1. The van der Waals surface area contributed by atoms with E-state index in [0.717, 1.165) is 25.7 Å². The molecule has 4 nitrogen and oxygen atoms in total. The number of hydrogen-bond acceptors (Lipinski definition) is 3. The molecule has 0 amide bonds. The topological polar surface area (TPSA) is 69.6 Å². The van der Waals surface area contributed by atoms with Crippen LogP contribution in [0.25, 0.3) is 0 Å². The van der Waals surface area contributed by atoms with Gasteiger partial charge in [0.2, 0.25) is 0 Å². The van der Waals surface area contributed by atoms with E-state index >= 15 is 0 Å². The van der Waals surface area contributed by atoms with Crippen molar-refractivity contribution in [3.63, 3.8) is 0 Å². The Hall–Kier alpha value is 0.390. The van der Waals surface area contributed by atoms with Crippen LogP contribution in [-0.2, 0) is 4.79 Å². The molecule has 1 aliphatic rings. The average molecular weight is 239 g/mol. The Balaban J connectivity index is 0. The summed E-state index contributed by atoms with van der Waals surface area (Å²) in [5.41, 5.74) is 0. The summed E-state index contributed by atoms with van der Waals surface area (Å²) in [5, 5.41) is 20.7. The third-order valence-corrected chi connectivity index (χ3v) is 3.02. The first-order valence-electron chi connectivity index (χ1n) is 5.83. The van der Waals surface area contributed by atoms with Crippen LogP contribution in [0.4, 0.5) is 0 Å². The minimum Gasteiger partial charge on any atom is -1.00 e. The molecule has 0 radical (unpaired) electrons. The van der Waals surface area contributed by atoms with Gasteiger partial charge in [-0.25, -0.2) is 0 Å². The number of aliphatic carboxylic acids is 1. The third kappa shape index (κ3) is 6.21. The van der Waals surface area contributed by atoms with Crippen molar-refractivity contribution < 1.29 is 46.0 Å². The maximum atomic E-state index is 10.7. The third-order valence-electron chi connectivity index (χ3n) is 3.02. The number of hydrogen-bond donors (Lipinski definition) is 3. The van der Waals surface area contributed by atoms with Gasteiger partial charge in [-0.1, -0.05) is 32.1 Å². The van der Waals surface area contributed by atoms with Gasteiger partial charge in [-0.15, -0.1) is 0 Å². The number of aliphatic hydroxyl groups is 1. The van der Waals surface area contributed by atoms with E-state index in [1.54, 1.807) is 0 Å². The predicted octanol–water partition coefficient (Wildman–Crippen LogP) is -1.75. The number of aliphatic hydroxyl groups excluding tert-OH is 1. The molecule has 1 atom stereocenters. The molecule has 0 aliphatic heterocycles. The van der Waals surface area contributed by atoms with Gasteiger partial charge >= 0.3 is 35.5 Å². The summed E-state index contributed by atoms with van der Waals surface area (Å²) in [7, 11) is 0. The van der Waals surface area contributed by atoms with Crippen molar-refractivity contribution >= 4 is 5.97 Å². The van der Waals surface area contributed by atoms with Crippen molar-refractivity contribution in [2.24, 2.45) is 0 Å². The van der Waals surface area contributed by atoms with Crippen molar-refractivity contribution in [3.05, 3.63) is 0 Å². The molecule has 1 aliphatic carbocycles. The number of carboxylic acid groups (broad SMARTS) is 1. The van der Waals surface area contributed by atoms with Crippen LogP contribution < -0.4 is 34.9 Å². The first kappa shape index (κ1) is 16.4. The van der Waals surface area contributed by atoms with E-state index in [1.807, 2.05) is 0 Å². The molecule has 1 saturated carbocycles. The Morgan fingerprint density at radius 3 is 2.19 bits per heavy atom. The molecule has 0 aromatic heterocycles. The zero-order valence-electron chi connectivity index (χ0n) is 11.1. The fourth-order valence-electron chi connectivity index (χ4n) is 2.11. The van der Waals surface area contributed by atoms with Crippen LogP contribution >= 0.6 is 0 Å². The van der Waals surface area contributed by atoms with Gasteiger partial charge in [0.05, 0.1) is 6.61 Å². The van der Waals surface area contributed by atoms with E-state index in [1.165, 1.54) is 19.3 Å². The first-order chi connectivity index (χ1) is 7.24. The molecular formula is C11H22NNaO3. The van der Waals surface area contributed by atoms with E-state index in [0.29, 0.717) is 0 Å². The van der Waals surface area contributed by atoms with Crippen LogP contribution in [0.5, 0.6) is 0 Å². The van der Waals surface area contributed by atoms with E-state index in [-0.39, 0.29) is 43.6 Å². The van der Waals surface area contributed by atoms with Crippen molar-refractivity contribution in [2.45, 2.75) is 57.0 Å². The van der Waals surface area contributed by atoms with Gasteiger partial charge in [0.15, 0.2) is 0 Å². The Morgan fingerprint density at radius 2 is 1.75 bits per heavy atom. The molecule has 90 valence electrons. The van der Waals surface area contributed by atoms with Crippen LogP contribution in [-0.4, -0.2) is 34.9 Å². The quantitative estimate of drug-likeness (QED) is 0.509. The zero-order chi connectivity index (χ0) is 11.1. The van der Waals surface area contributed by atoms with Crippen molar-refractivity contribution in [1.82, 2.24) is 5.32 Å². The monoisotopic (exact) mass is 239 g/mol. The molecular weight excluding hydrogens is 217 g/mol. The Labute approximate surface area is 121 Å². The van der Waals surface area contributed by atoms with Gasteiger partial charge in [0.1, 0.15) is 6.04 Å². The van der Waals surface area contributed by atoms with Gasteiger partial charge in [0.25, 0.3) is 0 Å². The Bertz CT molecular complexity index is 199. The van der Waals surface area contributed by atoms with Gasteiger partial charge in [-0.05, 0) is 12.8 Å². The summed E-state index contributed by atoms with van der Waals surface area (Å²) in [6.07, 6.45) is 8.18. The summed E-state index contributed by atoms with van der Waals surface area (Å²) in [4.78, 5) is 10.7. The molecule has 16 heavy (non-hydrogen) atoms. The molecule has 5 heteroatoms. The fourth-order valence-corrected chi connectivity index (χ4v) is 2.11. The Morgan fingerprint density at radius 1 is 1.25 bits per heavy atom. The number of carbonyl (C=O) groups is 1. The standard InChI is InChI=1S/C11H21NO3.Na.H/c13-8-10(11(14)15)12-9-6-4-2-1-3-5-7-9;;/h9-10,12-13H,1-8H2,(H,14,15);;/q;+1;-1. The molecule has 0 bridgehead atoms. The van der Waals surface area contributed by atoms with E-state index in [9.17, 15) is 4.79 Å². The van der Waals surface area contributed by atoms with Crippen LogP contribution in [0, 0.1) is 0 Å². The summed E-state index contributed by atoms with van der Waals surface area (Å²) >= 11 is 0. The molecule has 3 N–H and O–H groups in total. The smallest absolute Gasteiger partial charge is 1.00 e. The minimum atomic E-state index is -0.959. The second kappa shape index (κ2) is 9.42. The molecule has 1 rings (SSSR count). The summed E-state index contributed by atoms with van der Waals surface area (Å²) < 4.78 is 0. The van der Waals surface area contributed by atoms with Gasteiger partial charge in [-0.2, -0.15) is 0 Å². The SMILES string of the molecule is O=C(O)C(CO)NC1CCCCCCC1.[H-].[Na+]. The fraction of sp³-hybridized carbons (Fsp3) is 0.909. The molecule has 0 spiro atoms. The minimum absolute atomic E-state index is 0. The maximum Gasteiger partial charge on any atom is 1.00 e. The van der Waals surface area contributed by atoms with Crippen molar-refractivity contribution in [3.8, 4) is 0 Å². The van der Waals surface area contributed by atoms with Gasteiger partial charge in [-0.3, -0.25) is 10.1 Å². The molecule has 0 heterocycles. The van der Waals surface area contributed by atoms with E-state index in [4.69, 9.17) is 10.2 Å². The molecule has 0 saturated heterocycles. The van der Waals surface area contributed by atoms with Gasteiger partial charge < -0.3 is 11.6 Å². The predicted molar refractivity (Wildman–Crippen MR) is 58.9 cm³/mol. The van der Waals surface area contributed by atoms with E-state index < -0.39 is 12.0 Å². The maximum absolute atomic E-state index is 10.7. The average Bonchev–Trinajstić information content (AvgIpc) is 2.15. The molecule has 0 aromatic rings. The normalized spacial score (nSPS) is 20.3. The van der Waals surface area contributed by atoms with Crippen molar-refractivity contribution in [2.75, 3.05) is 6.61 Å². The summed E-state index contributed by atoms with van der Waals surface area (Å²) in [6, 6.07) is -0.534. The first-order valence-corrected chi connectivity index (χ1v) is 5.83. The molecule has 0 aromatic carbocycles. The van der Waals surface area contributed by atoms with Crippen LogP contribution in [0.3, 0.4) is 0 Å². The van der Waals surface area contributed by atoms with Crippen LogP contribution in [0.15, 0.2) is 0 Å². The van der Waals surface area contributed by atoms with E-state index in [2.05, 4.69) is 5.32 Å².